The summed E-state index contributed by atoms with van der Waals surface area (Å²) in [6.45, 7) is 1.92. The molecule has 0 aliphatic heterocycles. The Labute approximate surface area is 100 Å². The molecule has 1 atom stereocenters. The van der Waals surface area contributed by atoms with Crippen LogP contribution in [0.25, 0.3) is 0 Å². The van der Waals surface area contributed by atoms with Crippen LogP contribution in [0.2, 0.25) is 0 Å². The fraction of sp³-hybridized carbons (Fsp3) is 0.417. The maximum absolute atomic E-state index is 11.9. The summed E-state index contributed by atoms with van der Waals surface area (Å²) in [6, 6.07) is 5.21. The van der Waals surface area contributed by atoms with Crippen LogP contribution in [0.1, 0.15) is 30.1 Å². The van der Waals surface area contributed by atoms with Crippen molar-refractivity contribution in [2.75, 3.05) is 7.11 Å². The van der Waals surface area contributed by atoms with Crippen LogP contribution >= 0.6 is 0 Å². The van der Waals surface area contributed by atoms with E-state index in [-0.39, 0.29) is 17.8 Å². The highest BCUT2D eigenvalue weighted by Crippen LogP contribution is 2.13. The first-order chi connectivity index (χ1) is 8.22. The molecule has 5 nitrogen and oxygen atoms in total. The number of aromatic nitrogens is 1. The first-order valence-corrected chi connectivity index (χ1v) is 5.39. The third kappa shape index (κ3) is 3.45. The molecule has 1 aromatic heterocycles. The molecule has 0 aliphatic carbocycles. The van der Waals surface area contributed by atoms with Crippen LogP contribution < -0.4 is 10.1 Å². The molecular formula is C12H15N3O2. The maximum Gasteiger partial charge on any atom is 0.257 e. The molecule has 17 heavy (non-hydrogen) atoms. The first-order valence-electron chi connectivity index (χ1n) is 5.39. The van der Waals surface area contributed by atoms with Gasteiger partial charge >= 0.3 is 0 Å². The van der Waals surface area contributed by atoms with E-state index < -0.39 is 0 Å². The van der Waals surface area contributed by atoms with Crippen LogP contribution in [0, 0.1) is 11.3 Å². The second-order valence-corrected chi connectivity index (χ2v) is 3.50. The molecule has 1 unspecified atom stereocenters. The summed E-state index contributed by atoms with van der Waals surface area (Å²) in [5, 5.41) is 11.4. The van der Waals surface area contributed by atoms with E-state index in [2.05, 4.69) is 10.3 Å². The van der Waals surface area contributed by atoms with E-state index in [4.69, 9.17) is 10.00 Å². The van der Waals surface area contributed by atoms with E-state index in [1.165, 1.54) is 7.11 Å². The maximum atomic E-state index is 11.9. The van der Waals surface area contributed by atoms with E-state index in [0.29, 0.717) is 18.4 Å². The minimum absolute atomic E-state index is 0.141. The van der Waals surface area contributed by atoms with Crippen molar-refractivity contribution in [1.82, 2.24) is 10.3 Å². The number of methoxy groups -OCH3 is 1. The number of nitriles is 1. The number of rotatable bonds is 5. The number of carbonyl (C=O) groups excluding carboxylic acids is 1. The smallest absolute Gasteiger partial charge is 0.257 e. The van der Waals surface area contributed by atoms with E-state index in [1.54, 1.807) is 18.3 Å². The third-order valence-corrected chi connectivity index (χ3v) is 2.37. The number of nitrogens with zero attached hydrogens (tertiary/aromatic N) is 2. The quantitative estimate of drug-likeness (QED) is 0.836. The molecule has 1 N–H and O–H groups in total. The minimum atomic E-state index is -0.267. The molecule has 90 valence electrons. The summed E-state index contributed by atoms with van der Waals surface area (Å²) in [6.07, 6.45) is 2.56. The lowest BCUT2D eigenvalue weighted by Crippen LogP contribution is -2.34. The van der Waals surface area contributed by atoms with Gasteiger partial charge in [0.15, 0.2) is 0 Å². The fourth-order valence-corrected chi connectivity index (χ4v) is 1.40. The molecule has 0 spiro atoms. The van der Waals surface area contributed by atoms with Crippen molar-refractivity contribution < 1.29 is 9.53 Å². The summed E-state index contributed by atoms with van der Waals surface area (Å²) < 4.78 is 5.00. The number of pyridine rings is 1. The Morgan fingerprint density at radius 2 is 2.47 bits per heavy atom. The van der Waals surface area contributed by atoms with Gasteiger partial charge in [0.1, 0.15) is 5.56 Å². The van der Waals surface area contributed by atoms with E-state index in [0.717, 1.165) is 0 Å². The molecule has 0 aromatic carbocycles. The van der Waals surface area contributed by atoms with E-state index >= 15 is 0 Å². The summed E-state index contributed by atoms with van der Waals surface area (Å²) in [5.74, 6) is 0.0221. The van der Waals surface area contributed by atoms with Crippen LogP contribution in [0.15, 0.2) is 18.3 Å². The monoisotopic (exact) mass is 233 g/mol. The van der Waals surface area contributed by atoms with Crippen molar-refractivity contribution >= 4 is 5.91 Å². The Morgan fingerprint density at radius 1 is 1.71 bits per heavy atom. The highest BCUT2D eigenvalue weighted by Gasteiger charge is 2.16. The molecule has 0 radical (unpaired) electrons. The lowest BCUT2D eigenvalue weighted by atomic mass is 10.1. The van der Waals surface area contributed by atoms with E-state index in [9.17, 15) is 4.79 Å². The van der Waals surface area contributed by atoms with Gasteiger partial charge in [0.25, 0.3) is 5.91 Å². The molecule has 1 heterocycles. The van der Waals surface area contributed by atoms with Crippen LogP contribution in [0.3, 0.4) is 0 Å². The number of carbonyl (C=O) groups is 1. The van der Waals surface area contributed by atoms with Gasteiger partial charge in [-0.05, 0) is 18.6 Å². The van der Waals surface area contributed by atoms with Crippen molar-refractivity contribution in [3.05, 3.63) is 23.9 Å². The normalized spacial score (nSPS) is 11.4. The second-order valence-electron chi connectivity index (χ2n) is 3.50. The van der Waals surface area contributed by atoms with Gasteiger partial charge in [0.2, 0.25) is 5.88 Å². The van der Waals surface area contributed by atoms with Gasteiger partial charge in [-0.15, -0.1) is 0 Å². The molecule has 0 aliphatic rings. The van der Waals surface area contributed by atoms with Crippen molar-refractivity contribution in [2.24, 2.45) is 0 Å². The molecule has 1 rings (SSSR count). The number of hydrogen-bond acceptors (Lipinski definition) is 4. The summed E-state index contributed by atoms with van der Waals surface area (Å²) in [5.41, 5.74) is 0.381. The summed E-state index contributed by atoms with van der Waals surface area (Å²) in [4.78, 5) is 15.9. The standard InChI is InChI=1S/C12H15N3O2/c1-3-9(6-7-13)15-11(16)10-5-4-8-14-12(10)17-2/h4-5,8-9H,3,6H2,1-2H3,(H,15,16). The number of nitrogens with one attached hydrogen (secondary N) is 1. The number of amides is 1. The van der Waals surface area contributed by atoms with Crippen LogP contribution in [-0.2, 0) is 0 Å². The van der Waals surface area contributed by atoms with Gasteiger partial charge < -0.3 is 10.1 Å². The number of hydrogen-bond donors (Lipinski definition) is 1. The Balaban J connectivity index is 2.79. The highest BCUT2D eigenvalue weighted by molar-refractivity contribution is 5.96. The lowest BCUT2D eigenvalue weighted by Gasteiger charge is -2.14. The van der Waals surface area contributed by atoms with Gasteiger partial charge in [-0.25, -0.2) is 4.98 Å². The third-order valence-electron chi connectivity index (χ3n) is 2.37. The Bertz CT molecular complexity index is 426. The SMILES string of the molecule is CCC(CC#N)NC(=O)c1cccnc1OC. The van der Waals surface area contributed by atoms with Crippen LogP contribution in [-0.4, -0.2) is 24.0 Å². The Hall–Kier alpha value is -2.09. The Morgan fingerprint density at radius 3 is 3.06 bits per heavy atom. The average molecular weight is 233 g/mol. The molecule has 5 heteroatoms. The zero-order valence-corrected chi connectivity index (χ0v) is 9.93. The molecule has 1 amide bonds. The second kappa shape index (κ2) is 6.48. The summed E-state index contributed by atoms with van der Waals surface area (Å²) >= 11 is 0. The minimum Gasteiger partial charge on any atom is -0.480 e. The lowest BCUT2D eigenvalue weighted by molar-refractivity contribution is 0.0933. The van der Waals surface area contributed by atoms with Crippen molar-refractivity contribution in [2.45, 2.75) is 25.8 Å². The van der Waals surface area contributed by atoms with Crippen molar-refractivity contribution in [1.29, 1.82) is 5.26 Å². The molecular weight excluding hydrogens is 218 g/mol. The topological polar surface area (TPSA) is 75.0 Å². The van der Waals surface area contributed by atoms with Gasteiger partial charge in [0, 0.05) is 12.2 Å². The predicted molar refractivity (Wildman–Crippen MR) is 62.6 cm³/mol. The molecule has 0 saturated carbocycles. The highest BCUT2D eigenvalue weighted by atomic mass is 16.5. The molecule has 0 saturated heterocycles. The Kier molecular flexibility index (Phi) is 4.95. The van der Waals surface area contributed by atoms with Gasteiger partial charge in [0.05, 0.1) is 19.6 Å². The predicted octanol–water partition coefficient (Wildman–Crippen LogP) is 1.51. The molecule has 1 aromatic rings. The van der Waals surface area contributed by atoms with Crippen LogP contribution in [0.5, 0.6) is 5.88 Å². The van der Waals surface area contributed by atoms with Gasteiger partial charge in [-0.1, -0.05) is 6.92 Å². The van der Waals surface area contributed by atoms with Crippen molar-refractivity contribution in [3.63, 3.8) is 0 Å². The zero-order chi connectivity index (χ0) is 12.7. The zero-order valence-electron chi connectivity index (χ0n) is 9.93. The van der Waals surface area contributed by atoms with Crippen molar-refractivity contribution in [3.8, 4) is 11.9 Å². The molecule has 0 fully saturated rings. The van der Waals surface area contributed by atoms with Gasteiger partial charge in [-0.2, -0.15) is 5.26 Å². The fourth-order valence-electron chi connectivity index (χ4n) is 1.40. The van der Waals surface area contributed by atoms with Gasteiger partial charge in [-0.3, -0.25) is 4.79 Å². The largest absolute Gasteiger partial charge is 0.480 e. The average Bonchev–Trinajstić information content (AvgIpc) is 2.38. The van der Waals surface area contributed by atoms with E-state index in [1.807, 2.05) is 13.0 Å². The first kappa shape index (κ1) is 13.0. The summed E-state index contributed by atoms with van der Waals surface area (Å²) in [7, 11) is 1.46. The molecule has 0 bridgehead atoms. The van der Waals surface area contributed by atoms with Crippen LogP contribution in [0.4, 0.5) is 0 Å². The number of ether oxygens (including phenoxy) is 1.